The predicted molar refractivity (Wildman–Crippen MR) is 63.0 cm³/mol. The van der Waals surface area contributed by atoms with Crippen molar-refractivity contribution in [1.82, 2.24) is 4.98 Å². The molecule has 1 heterocycles. The second-order valence-corrected chi connectivity index (χ2v) is 4.62. The monoisotopic (exact) mass is 229 g/mol. The summed E-state index contributed by atoms with van der Waals surface area (Å²) in [7, 11) is -2.56. The van der Waals surface area contributed by atoms with E-state index in [0.29, 0.717) is 10.8 Å². The fraction of sp³-hybridized carbons (Fsp3) is 0. The molecule has 3 aromatic rings. The Balaban J connectivity index is 2.54. The first-order valence-electron chi connectivity index (χ1n) is 4.91. The van der Waals surface area contributed by atoms with Crippen LogP contribution in [0.5, 0.6) is 0 Å². The molecule has 1 aromatic heterocycles. The molecule has 0 radical (unpaired) electrons. The molecule has 0 amide bonds. The SMILES string of the molecule is O=[P+]([O-])c1cccc2c1[nH]c1ccccc12. The Labute approximate surface area is 92.6 Å². The Kier molecular flexibility index (Phi) is 2.03. The molecule has 1 N–H and O–H groups in total. The van der Waals surface area contributed by atoms with Crippen LogP contribution in [0, 0.1) is 0 Å². The van der Waals surface area contributed by atoms with E-state index in [1.807, 2.05) is 30.3 Å². The van der Waals surface area contributed by atoms with E-state index in [0.717, 1.165) is 16.3 Å². The average molecular weight is 229 g/mol. The van der Waals surface area contributed by atoms with Crippen molar-refractivity contribution in [2.75, 3.05) is 0 Å². The van der Waals surface area contributed by atoms with Gasteiger partial charge in [0.2, 0.25) is 5.30 Å². The van der Waals surface area contributed by atoms with Crippen LogP contribution >= 0.6 is 8.03 Å². The summed E-state index contributed by atoms with van der Waals surface area (Å²) in [4.78, 5) is 14.3. The highest BCUT2D eigenvalue weighted by molar-refractivity contribution is 7.46. The molecule has 1 unspecified atom stereocenters. The highest BCUT2D eigenvalue weighted by atomic mass is 31.1. The van der Waals surface area contributed by atoms with Crippen LogP contribution in [0.4, 0.5) is 0 Å². The number of aromatic nitrogens is 1. The Bertz CT molecular complexity index is 702. The van der Waals surface area contributed by atoms with E-state index in [1.165, 1.54) is 0 Å². The van der Waals surface area contributed by atoms with Crippen molar-refractivity contribution in [3.63, 3.8) is 0 Å². The summed E-state index contributed by atoms with van der Waals surface area (Å²) in [5, 5.41) is 2.35. The number of hydrogen-bond acceptors (Lipinski definition) is 2. The summed E-state index contributed by atoms with van der Waals surface area (Å²) < 4.78 is 11.1. The van der Waals surface area contributed by atoms with Gasteiger partial charge >= 0.3 is 8.03 Å². The molecule has 4 heteroatoms. The van der Waals surface area contributed by atoms with Crippen LogP contribution in [0.15, 0.2) is 42.5 Å². The Morgan fingerprint density at radius 2 is 1.75 bits per heavy atom. The van der Waals surface area contributed by atoms with Crippen LogP contribution in [0.3, 0.4) is 0 Å². The van der Waals surface area contributed by atoms with E-state index in [-0.39, 0.29) is 0 Å². The predicted octanol–water partition coefficient (Wildman–Crippen LogP) is 2.05. The average Bonchev–Trinajstić information content (AvgIpc) is 2.67. The molecule has 78 valence electrons. The van der Waals surface area contributed by atoms with Gasteiger partial charge in [0.05, 0.1) is 0 Å². The molecular weight excluding hydrogens is 221 g/mol. The second kappa shape index (κ2) is 3.41. The van der Waals surface area contributed by atoms with Crippen LogP contribution in [0.2, 0.25) is 0 Å². The number of para-hydroxylation sites is 2. The van der Waals surface area contributed by atoms with E-state index >= 15 is 0 Å². The number of nitrogens with one attached hydrogen (secondary N) is 1. The lowest BCUT2D eigenvalue weighted by Crippen LogP contribution is -2.05. The van der Waals surface area contributed by atoms with Gasteiger partial charge in [0, 0.05) is 16.3 Å². The minimum atomic E-state index is -2.56. The zero-order valence-corrected chi connectivity index (χ0v) is 9.20. The normalized spacial score (nSPS) is 12.2. The van der Waals surface area contributed by atoms with Crippen molar-refractivity contribution in [2.45, 2.75) is 0 Å². The molecule has 0 aliphatic rings. The van der Waals surface area contributed by atoms with E-state index in [1.54, 1.807) is 12.1 Å². The number of hydrogen-bond donors (Lipinski definition) is 1. The number of aromatic amines is 1. The highest BCUT2D eigenvalue weighted by Gasteiger charge is 2.15. The van der Waals surface area contributed by atoms with E-state index in [4.69, 9.17) is 0 Å². The van der Waals surface area contributed by atoms with Gasteiger partial charge in [-0.05, 0) is 12.1 Å². The third-order valence-electron chi connectivity index (χ3n) is 2.72. The minimum absolute atomic E-state index is 0.351. The zero-order chi connectivity index (χ0) is 11.1. The molecule has 0 saturated heterocycles. The maximum atomic E-state index is 11.1. The van der Waals surface area contributed by atoms with Crippen molar-refractivity contribution in [1.29, 1.82) is 0 Å². The van der Waals surface area contributed by atoms with E-state index < -0.39 is 8.03 Å². The smallest absolute Gasteiger partial charge is 0.351 e. The first kappa shape index (κ1) is 9.52. The van der Waals surface area contributed by atoms with Crippen LogP contribution in [-0.4, -0.2) is 4.98 Å². The van der Waals surface area contributed by atoms with Gasteiger partial charge in [-0.2, -0.15) is 0 Å². The van der Waals surface area contributed by atoms with E-state index in [9.17, 15) is 9.46 Å². The quantitative estimate of drug-likeness (QED) is 0.649. The van der Waals surface area contributed by atoms with Gasteiger partial charge in [-0.3, -0.25) is 0 Å². The van der Waals surface area contributed by atoms with Crippen molar-refractivity contribution in [2.24, 2.45) is 0 Å². The number of H-pyrrole nitrogens is 1. The molecule has 3 rings (SSSR count). The molecule has 0 bridgehead atoms. The van der Waals surface area contributed by atoms with Gasteiger partial charge in [0.1, 0.15) is 5.52 Å². The Morgan fingerprint density at radius 1 is 1.00 bits per heavy atom. The molecular formula is C12H8NO2P. The molecule has 0 aliphatic heterocycles. The largest absolute Gasteiger partial charge is 0.591 e. The topological polar surface area (TPSA) is 55.9 Å². The first-order chi connectivity index (χ1) is 7.77. The van der Waals surface area contributed by atoms with Gasteiger partial charge in [-0.15, -0.1) is 0 Å². The van der Waals surface area contributed by atoms with Crippen molar-refractivity contribution in [3.8, 4) is 0 Å². The van der Waals surface area contributed by atoms with Gasteiger partial charge in [0.25, 0.3) is 0 Å². The molecule has 2 aromatic carbocycles. The maximum Gasteiger partial charge on any atom is 0.351 e. The molecule has 0 saturated carbocycles. The third-order valence-corrected chi connectivity index (χ3v) is 3.48. The highest BCUT2D eigenvalue weighted by Crippen LogP contribution is 2.26. The van der Waals surface area contributed by atoms with Gasteiger partial charge in [-0.25, -0.2) is 0 Å². The summed E-state index contributed by atoms with van der Waals surface area (Å²) in [5.41, 5.74) is 1.65. The fourth-order valence-electron chi connectivity index (χ4n) is 2.01. The summed E-state index contributed by atoms with van der Waals surface area (Å²) >= 11 is 0. The summed E-state index contributed by atoms with van der Waals surface area (Å²) in [6.45, 7) is 0. The molecule has 16 heavy (non-hydrogen) atoms. The lowest BCUT2D eigenvalue weighted by atomic mass is 10.1. The van der Waals surface area contributed by atoms with Crippen molar-refractivity contribution >= 4 is 35.1 Å². The lowest BCUT2D eigenvalue weighted by molar-refractivity contribution is -0.160. The molecule has 3 nitrogen and oxygen atoms in total. The zero-order valence-electron chi connectivity index (χ0n) is 8.31. The number of benzene rings is 2. The molecule has 1 atom stereocenters. The third kappa shape index (κ3) is 1.26. The number of rotatable bonds is 1. The summed E-state index contributed by atoms with van der Waals surface area (Å²) in [5.74, 6) is 0. The first-order valence-corrected chi connectivity index (χ1v) is 6.09. The van der Waals surface area contributed by atoms with Crippen molar-refractivity contribution in [3.05, 3.63) is 42.5 Å². The fourth-order valence-corrected chi connectivity index (χ4v) is 2.58. The standard InChI is InChI=1S/C12H8NO2P/c14-16(15)11-7-3-5-9-8-4-1-2-6-10(8)13-12(9)11/h1-7,13H. The van der Waals surface area contributed by atoms with Crippen LogP contribution in [-0.2, 0) is 4.57 Å². The minimum Gasteiger partial charge on any atom is -0.591 e. The van der Waals surface area contributed by atoms with Gasteiger partial charge in [0.15, 0.2) is 0 Å². The van der Waals surface area contributed by atoms with Crippen molar-refractivity contribution < 1.29 is 9.46 Å². The second-order valence-electron chi connectivity index (χ2n) is 3.63. The van der Waals surface area contributed by atoms with Crippen LogP contribution in [0.1, 0.15) is 0 Å². The Hall–Kier alpha value is -1.70. The summed E-state index contributed by atoms with van der Waals surface area (Å²) in [6.07, 6.45) is 0. The Morgan fingerprint density at radius 3 is 2.56 bits per heavy atom. The van der Waals surface area contributed by atoms with E-state index in [2.05, 4.69) is 4.98 Å². The van der Waals surface area contributed by atoms with Gasteiger partial charge < -0.3 is 9.88 Å². The number of fused-ring (bicyclic) bond motifs is 3. The lowest BCUT2D eigenvalue weighted by Gasteiger charge is -1.92. The molecule has 0 fully saturated rings. The van der Waals surface area contributed by atoms with Crippen LogP contribution in [0.25, 0.3) is 21.8 Å². The molecule has 0 spiro atoms. The van der Waals surface area contributed by atoms with Crippen LogP contribution < -0.4 is 10.2 Å². The van der Waals surface area contributed by atoms with Gasteiger partial charge in [-0.1, -0.05) is 34.9 Å². The maximum absolute atomic E-state index is 11.1. The summed E-state index contributed by atoms with van der Waals surface area (Å²) in [6, 6.07) is 13.1. The molecule has 0 aliphatic carbocycles.